The molecule has 0 unspecified atom stereocenters. The Hall–Kier alpha value is -3.37. The lowest BCUT2D eigenvalue weighted by Crippen LogP contribution is -2.26. The zero-order valence-electron chi connectivity index (χ0n) is 16.3. The molecule has 4 aromatic rings. The van der Waals surface area contributed by atoms with Crippen LogP contribution in [-0.4, -0.2) is 25.5 Å². The number of anilines is 2. The summed E-state index contributed by atoms with van der Waals surface area (Å²) in [6.07, 6.45) is 0.442. The van der Waals surface area contributed by atoms with Crippen LogP contribution in [0.4, 0.5) is 11.4 Å². The Morgan fingerprint density at radius 1 is 0.621 bits per heavy atom. The summed E-state index contributed by atoms with van der Waals surface area (Å²) in [5.41, 5.74) is 2.00. The Morgan fingerprint density at radius 3 is 1.93 bits per heavy atom. The lowest BCUT2D eigenvalue weighted by molar-refractivity contribution is -0.116. The third-order valence-corrected chi connectivity index (χ3v) is 5.00. The summed E-state index contributed by atoms with van der Waals surface area (Å²) >= 11 is 0. The summed E-state index contributed by atoms with van der Waals surface area (Å²) in [6.45, 7) is 2.25. The van der Waals surface area contributed by atoms with Crippen molar-refractivity contribution in [3.63, 3.8) is 0 Å². The number of benzene rings is 4. The Kier molecular flexibility index (Phi) is 6.03. The quantitative estimate of drug-likeness (QED) is 0.374. The van der Waals surface area contributed by atoms with Gasteiger partial charge in [-0.15, -0.1) is 0 Å². The number of carbonyl (C=O) groups excluding carboxylic acids is 1. The molecule has 1 amide bonds. The van der Waals surface area contributed by atoms with Gasteiger partial charge in [-0.3, -0.25) is 4.79 Å². The summed E-state index contributed by atoms with van der Waals surface area (Å²) < 4.78 is 0. The van der Waals surface area contributed by atoms with Crippen molar-refractivity contribution in [1.82, 2.24) is 5.32 Å². The van der Waals surface area contributed by atoms with E-state index in [1.807, 2.05) is 30.3 Å². The van der Waals surface area contributed by atoms with E-state index in [0.717, 1.165) is 35.2 Å². The van der Waals surface area contributed by atoms with Crippen LogP contribution in [0.2, 0.25) is 0 Å². The predicted octanol–water partition coefficient (Wildman–Crippen LogP) is 5.02. The van der Waals surface area contributed by atoms with Crippen LogP contribution < -0.4 is 16.0 Å². The predicted molar refractivity (Wildman–Crippen MR) is 123 cm³/mol. The van der Waals surface area contributed by atoms with E-state index in [9.17, 15) is 4.79 Å². The Bertz CT molecular complexity index is 1110. The molecule has 0 spiro atoms. The van der Waals surface area contributed by atoms with Gasteiger partial charge in [0, 0.05) is 48.2 Å². The zero-order valence-corrected chi connectivity index (χ0v) is 16.3. The molecule has 0 aliphatic heterocycles. The van der Waals surface area contributed by atoms with Gasteiger partial charge in [0.2, 0.25) is 5.91 Å². The maximum absolute atomic E-state index is 12.3. The van der Waals surface area contributed by atoms with Crippen LogP contribution in [-0.2, 0) is 4.79 Å². The van der Waals surface area contributed by atoms with Crippen molar-refractivity contribution in [3.8, 4) is 0 Å². The fourth-order valence-electron chi connectivity index (χ4n) is 3.54. The third-order valence-electron chi connectivity index (χ3n) is 5.00. The Morgan fingerprint density at radius 2 is 1.21 bits per heavy atom. The van der Waals surface area contributed by atoms with Gasteiger partial charge in [-0.05, 0) is 22.9 Å². The van der Waals surface area contributed by atoms with Gasteiger partial charge in [-0.25, -0.2) is 0 Å². The summed E-state index contributed by atoms with van der Waals surface area (Å²) in [4.78, 5) is 12.3. The molecule has 4 rings (SSSR count). The number of fused-ring (bicyclic) bond motifs is 2. The molecule has 4 nitrogen and oxygen atoms in total. The Balaban J connectivity index is 1.21. The lowest BCUT2D eigenvalue weighted by atomic mass is 10.1. The molecule has 0 saturated heterocycles. The second kappa shape index (κ2) is 9.22. The van der Waals surface area contributed by atoms with Crippen LogP contribution in [0, 0.1) is 0 Å². The molecule has 0 saturated carbocycles. The van der Waals surface area contributed by atoms with Crippen molar-refractivity contribution in [2.24, 2.45) is 0 Å². The highest BCUT2D eigenvalue weighted by Crippen LogP contribution is 2.23. The van der Waals surface area contributed by atoms with Gasteiger partial charge >= 0.3 is 0 Å². The monoisotopic (exact) mass is 383 g/mol. The van der Waals surface area contributed by atoms with E-state index >= 15 is 0 Å². The van der Waals surface area contributed by atoms with Crippen molar-refractivity contribution in [2.75, 3.05) is 30.3 Å². The standard InChI is InChI=1S/C25H25N3O/c29-25(28-24-14-6-10-20-8-2-4-12-22(20)24)15-16-26-17-18-27-23-13-5-9-19-7-1-3-11-21(19)23/h1-14,26-27H,15-18H2,(H,28,29). The van der Waals surface area contributed by atoms with Gasteiger partial charge in [0.15, 0.2) is 0 Å². The van der Waals surface area contributed by atoms with Crippen molar-refractivity contribution in [1.29, 1.82) is 0 Å². The summed E-state index contributed by atoms with van der Waals surface area (Å²) in [7, 11) is 0. The first-order valence-electron chi connectivity index (χ1n) is 10.0. The van der Waals surface area contributed by atoms with E-state index in [2.05, 4.69) is 70.5 Å². The molecule has 0 aromatic heterocycles. The third kappa shape index (κ3) is 4.73. The molecule has 3 N–H and O–H groups in total. The molecule has 0 radical (unpaired) electrons. The van der Waals surface area contributed by atoms with Crippen molar-refractivity contribution in [2.45, 2.75) is 6.42 Å². The first-order valence-corrected chi connectivity index (χ1v) is 10.0. The van der Waals surface area contributed by atoms with Crippen LogP contribution in [0.15, 0.2) is 84.9 Å². The van der Waals surface area contributed by atoms with Crippen molar-refractivity contribution < 1.29 is 4.79 Å². The molecule has 146 valence electrons. The molecular formula is C25H25N3O. The van der Waals surface area contributed by atoms with E-state index in [4.69, 9.17) is 0 Å². The zero-order chi connectivity index (χ0) is 19.9. The highest BCUT2D eigenvalue weighted by molar-refractivity contribution is 6.02. The molecule has 0 aliphatic carbocycles. The minimum Gasteiger partial charge on any atom is -0.383 e. The molecule has 4 aromatic carbocycles. The topological polar surface area (TPSA) is 53.2 Å². The molecular weight excluding hydrogens is 358 g/mol. The Labute approximate surface area is 170 Å². The van der Waals surface area contributed by atoms with Gasteiger partial charge in [0.1, 0.15) is 0 Å². The number of carbonyl (C=O) groups is 1. The minimum absolute atomic E-state index is 0.0239. The van der Waals surface area contributed by atoms with E-state index in [0.29, 0.717) is 13.0 Å². The highest BCUT2D eigenvalue weighted by atomic mass is 16.1. The SMILES string of the molecule is O=C(CCNCCNc1cccc2ccccc12)Nc1cccc2ccccc12. The minimum atomic E-state index is 0.0239. The molecule has 0 bridgehead atoms. The smallest absolute Gasteiger partial charge is 0.225 e. The van der Waals surface area contributed by atoms with Gasteiger partial charge in [0.05, 0.1) is 0 Å². The van der Waals surface area contributed by atoms with Gasteiger partial charge in [0.25, 0.3) is 0 Å². The summed E-state index contributed by atoms with van der Waals surface area (Å²) in [5, 5.41) is 14.5. The normalized spacial score (nSPS) is 10.9. The van der Waals surface area contributed by atoms with E-state index < -0.39 is 0 Å². The number of nitrogens with one attached hydrogen (secondary N) is 3. The largest absolute Gasteiger partial charge is 0.383 e. The maximum atomic E-state index is 12.3. The number of rotatable bonds is 8. The van der Waals surface area contributed by atoms with E-state index in [1.54, 1.807) is 0 Å². The van der Waals surface area contributed by atoms with Crippen molar-refractivity contribution in [3.05, 3.63) is 84.9 Å². The molecule has 0 fully saturated rings. The maximum Gasteiger partial charge on any atom is 0.225 e. The molecule has 29 heavy (non-hydrogen) atoms. The van der Waals surface area contributed by atoms with Crippen LogP contribution in [0.25, 0.3) is 21.5 Å². The average molecular weight is 383 g/mol. The fraction of sp³-hybridized carbons (Fsp3) is 0.160. The second-order valence-corrected chi connectivity index (χ2v) is 7.03. The van der Waals surface area contributed by atoms with Crippen LogP contribution in [0.5, 0.6) is 0 Å². The summed E-state index contributed by atoms with van der Waals surface area (Å²) in [5.74, 6) is 0.0239. The van der Waals surface area contributed by atoms with Crippen LogP contribution in [0.3, 0.4) is 0 Å². The summed E-state index contributed by atoms with van der Waals surface area (Å²) in [6, 6.07) is 28.7. The molecule has 4 heteroatoms. The van der Waals surface area contributed by atoms with Crippen LogP contribution in [0.1, 0.15) is 6.42 Å². The van der Waals surface area contributed by atoms with Crippen molar-refractivity contribution >= 4 is 38.8 Å². The van der Waals surface area contributed by atoms with Gasteiger partial charge in [-0.2, -0.15) is 0 Å². The van der Waals surface area contributed by atoms with E-state index in [-0.39, 0.29) is 5.91 Å². The average Bonchev–Trinajstić information content (AvgIpc) is 2.76. The van der Waals surface area contributed by atoms with Gasteiger partial charge < -0.3 is 16.0 Å². The molecule has 0 heterocycles. The molecule has 0 aliphatic rings. The van der Waals surface area contributed by atoms with E-state index in [1.165, 1.54) is 10.8 Å². The van der Waals surface area contributed by atoms with Crippen LogP contribution >= 0.6 is 0 Å². The first-order chi connectivity index (χ1) is 14.3. The van der Waals surface area contributed by atoms with Gasteiger partial charge in [-0.1, -0.05) is 72.8 Å². The highest BCUT2D eigenvalue weighted by Gasteiger charge is 2.05. The molecule has 0 atom stereocenters. The number of amides is 1. The number of hydrogen-bond donors (Lipinski definition) is 3. The fourth-order valence-corrected chi connectivity index (χ4v) is 3.54. The first kappa shape index (κ1) is 19.0. The lowest BCUT2D eigenvalue weighted by Gasteiger charge is -2.11. The number of hydrogen-bond acceptors (Lipinski definition) is 3. The second-order valence-electron chi connectivity index (χ2n) is 7.03.